The van der Waals surface area contributed by atoms with Gasteiger partial charge in [0.05, 0.1) is 27.0 Å². The van der Waals surface area contributed by atoms with Gasteiger partial charge in [0.2, 0.25) is 0 Å². The number of aliphatic hydroxyl groups is 1. The molecule has 370 valence electrons. The molecular weight excluding hydrogens is 909 g/mol. The molecule has 2 atom stereocenters. The number of H-pyrrole nitrogens is 1. The van der Waals surface area contributed by atoms with Gasteiger partial charge in [0, 0.05) is 73.7 Å². The minimum Gasteiger partial charge on any atom is -0.489 e. The molecule has 16 nitrogen and oxygen atoms in total. The van der Waals surface area contributed by atoms with Gasteiger partial charge in [0.1, 0.15) is 18.0 Å². The lowest BCUT2D eigenvalue weighted by Gasteiger charge is -2.56. The fraction of sp³-hybridized carbons (Fsp3) is 0.509. The third kappa shape index (κ3) is 8.82. The standard InChI is InChI=1S/C53H64N8O8S/c1-33(2)39-8-4-5-9-40(39)43-10-6-23-60(43)37-30-53(31-37)18-24-58(25-19-53)36-11-12-41(45(27-36)69-47-26-35-15-20-54-49(35)56-50(47)59-21-7-22-59)51(62)57-70(66,67)38-28-44(61(64)65)48-46(29-38)68-32-42(55-48)34-13-16-52(3,63)17-14-34/h4-5,8-9,11-12,15,20,26-29,33-34,37,42-43,55,63H,6-7,10,13-14,16-19,21-25,30-32H2,1-3H3,(H,54,56)(H,57,62)/t34-,42-,43+,52-/m1/s1. The van der Waals surface area contributed by atoms with Crippen LogP contribution in [0.4, 0.5) is 22.9 Å². The number of fused-ring (bicyclic) bond motifs is 2. The first-order valence-corrected chi connectivity index (χ1v) is 26.8. The van der Waals surface area contributed by atoms with E-state index in [0.29, 0.717) is 60.9 Å². The summed E-state index contributed by atoms with van der Waals surface area (Å²) in [4.78, 5) is 41.0. The molecule has 5 fully saturated rings. The number of hydrogen-bond acceptors (Lipinski definition) is 13. The molecule has 2 aromatic heterocycles. The number of anilines is 3. The van der Waals surface area contributed by atoms with Crippen molar-refractivity contribution in [2.45, 2.75) is 126 Å². The van der Waals surface area contributed by atoms with Gasteiger partial charge < -0.3 is 34.7 Å². The first kappa shape index (κ1) is 46.5. The quantitative estimate of drug-likeness (QED) is 0.0683. The van der Waals surface area contributed by atoms with Crippen molar-refractivity contribution in [3.8, 4) is 17.2 Å². The van der Waals surface area contributed by atoms with Crippen LogP contribution < -0.4 is 29.3 Å². The predicted molar refractivity (Wildman–Crippen MR) is 269 cm³/mol. The number of ether oxygens (including phenoxy) is 2. The summed E-state index contributed by atoms with van der Waals surface area (Å²) in [6.45, 7) is 10.9. The third-order valence-electron chi connectivity index (χ3n) is 16.5. The summed E-state index contributed by atoms with van der Waals surface area (Å²) in [6, 6.07) is 21.0. The van der Waals surface area contributed by atoms with Crippen molar-refractivity contribution >= 4 is 49.8 Å². The van der Waals surface area contributed by atoms with Crippen LogP contribution in [0.5, 0.6) is 17.2 Å². The number of nitrogens with one attached hydrogen (secondary N) is 3. The zero-order valence-corrected chi connectivity index (χ0v) is 41.1. The van der Waals surface area contributed by atoms with Crippen LogP contribution in [0.1, 0.15) is 125 Å². The summed E-state index contributed by atoms with van der Waals surface area (Å²) in [5.41, 5.74) is 3.64. The molecule has 0 bridgehead atoms. The Hall–Kier alpha value is -5.91. The molecule has 5 aromatic rings. The molecule has 4 N–H and O–H groups in total. The first-order chi connectivity index (χ1) is 33.6. The Morgan fingerprint density at radius 1 is 0.943 bits per heavy atom. The molecule has 0 unspecified atom stereocenters. The lowest BCUT2D eigenvalue weighted by molar-refractivity contribution is -0.384. The lowest BCUT2D eigenvalue weighted by Crippen LogP contribution is -2.54. The Labute approximate surface area is 409 Å². The topological polar surface area (TPSA) is 196 Å². The van der Waals surface area contributed by atoms with Crippen molar-refractivity contribution in [3.05, 3.63) is 99.7 Å². The Morgan fingerprint density at radius 2 is 1.71 bits per heavy atom. The average molecular weight is 973 g/mol. The number of benzene rings is 3. The number of aromatic amines is 1. The predicted octanol–water partition coefficient (Wildman–Crippen LogP) is 9.42. The summed E-state index contributed by atoms with van der Waals surface area (Å²) < 4.78 is 43.2. The first-order valence-electron chi connectivity index (χ1n) is 25.3. The van der Waals surface area contributed by atoms with E-state index in [-0.39, 0.29) is 46.7 Å². The lowest BCUT2D eigenvalue weighted by atomic mass is 9.59. The van der Waals surface area contributed by atoms with Crippen LogP contribution in [0, 0.1) is 21.4 Å². The van der Waals surface area contributed by atoms with Crippen LogP contribution in [0.25, 0.3) is 11.0 Å². The third-order valence-corrected chi connectivity index (χ3v) is 17.9. The maximum absolute atomic E-state index is 14.4. The van der Waals surface area contributed by atoms with Gasteiger partial charge in [0.25, 0.3) is 21.6 Å². The van der Waals surface area contributed by atoms with Crippen molar-refractivity contribution in [2.24, 2.45) is 11.3 Å². The molecule has 1 spiro atoms. The van der Waals surface area contributed by atoms with Crippen LogP contribution in [0.2, 0.25) is 0 Å². The van der Waals surface area contributed by atoms with Gasteiger partial charge in [-0.2, -0.15) is 0 Å². The van der Waals surface area contributed by atoms with Crippen LogP contribution in [-0.2, 0) is 10.0 Å². The Bertz CT molecular complexity index is 2930. The van der Waals surface area contributed by atoms with Gasteiger partial charge >= 0.3 is 0 Å². The monoisotopic (exact) mass is 972 g/mol. The number of carbonyl (C=O) groups is 1. The number of carbonyl (C=O) groups excluding carboxylic acids is 1. The highest BCUT2D eigenvalue weighted by Gasteiger charge is 2.50. The van der Waals surface area contributed by atoms with Gasteiger partial charge in [0.15, 0.2) is 23.0 Å². The normalized spacial score (nSPS) is 24.7. The van der Waals surface area contributed by atoms with E-state index in [0.717, 1.165) is 69.1 Å². The summed E-state index contributed by atoms with van der Waals surface area (Å²) >= 11 is 0. The molecule has 6 heterocycles. The second kappa shape index (κ2) is 18.0. The van der Waals surface area contributed by atoms with Gasteiger partial charge in [-0.05, 0) is 137 Å². The Kier molecular flexibility index (Phi) is 12.0. The smallest absolute Gasteiger partial charge is 0.297 e. The number of pyridine rings is 1. The van der Waals surface area contributed by atoms with E-state index in [1.807, 2.05) is 37.4 Å². The fourth-order valence-electron chi connectivity index (χ4n) is 12.3. The van der Waals surface area contributed by atoms with Gasteiger partial charge in [-0.25, -0.2) is 18.1 Å². The number of amides is 1. The van der Waals surface area contributed by atoms with Gasteiger partial charge in [-0.3, -0.25) is 19.8 Å². The summed E-state index contributed by atoms with van der Waals surface area (Å²) in [6.07, 6.45) is 12.4. The van der Waals surface area contributed by atoms with Crippen LogP contribution in [0.3, 0.4) is 0 Å². The number of hydrogen-bond donors (Lipinski definition) is 4. The van der Waals surface area contributed by atoms with Crippen LogP contribution in [0.15, 0.2) is 77.8 Å². The zero-order valence-electron chi connectivity index (χ0n) is 40.3. The van der Waals surface area contributed by atoms with E-state index in [4.69, 9.17) is 14.5 Å². The number of nitrogens with zero attached hydrogens (tertiary/aromatic N) is 5. The van der Waals surface area contributed by atoms with E-state index in [1.165, 1.54) is 42.9 Å². The molecular formula is C53H64N8O8S. The fourth-order valence-corrected chi connectivity index (χ4v) is 13.3. The second-order valence-electron chi connectivity index (χ2n) is 21.5. The molecule has 17 heteroatoms. The Balaban J connectivity index is 0.836. The van der Waals surface area contributed by atoms with Gasteiger partial charge in [-0.1, -0.05) is 38.1 Å². The average Bonchev–Trinajstić information content (AvgIpc) is 3.99. The van der Waals surface area contributed by atoms with E-state index in [2.05, 4.69) is 67.8 Å². The highest BCUT2D eigenvalue weighted by atomic mass is 32.2. The van der Waals surface area contributed by atoms with Gasteiger partial charge in [-0.15, -0.1) is 0 Å². The molecule has 4 aliphatic heterocycles. The number of rotatable bonds is 12. The number of aromatic nitrogens is 2. The summed E-state index contributed by atoms with van der Waals surface area (Å²) in [5.74, 6) is 0.858. The minimum absolute atomic E-state index is 0.00835. The van der Waals surface area contributed by atoms with E-state index in [9.17, 15) is 28.4 Å². The Morgan fingerprint density at radius 3 is 2.44 bits per heavy atom. The van der Waals surface area contributed by atoms with E-state index in [1.54, 1.807) is 6.07 Å². The molecule has 70 heavy (non-hydrogen) atoms. The van der Waals surface area contributed by atoms with Crippen LogP contribution >= 0.6 is 0 Å². The number of nitro groups is 1. The summed E-state index contributed by atoms with van der Waals surface area (Å²) in [5, 5.41) is 27.0. The van der Waals surface area contributed by atoms with Crippen molar-refractivity contribution in [2.75, 3.05) is 54.4 Å². The minimum atomic E-state index is -4.68. The second-order valence-corrected chi connectivity index (χ2v) is 23.2. The van der Waals surface area contributed by atoms with Crippen molar-refractivity contribution < 1.29 is 32.7 Å². The molecule has 2 saturated carbocycles. The van der Waals surface area contributed by atoms with Crippen molar-refractivity contribution in [1.29, 1.82) is 0 Å². The van der Waals surface area contributed by atoms with Crippen molar-refractivity contribution in [1.82, 2.24) is 19.6 Å². The highest BCUT2D eigenvalue weighted by molar-refractivity contribution is 7.90. The molecule has 1 amide bonds. The highest BCUT2D eigenvalue weighted by Crippen LogP contribution is 2.55. The number of likely N-dealkylation sites (tertiary alicyclic amines) is 1. The molecule has 6 aliphatic rings. The van der Waals surface area contributed by atoms with Crippen molar-refractivity contribution in [3.63, 3.8) is 0 Å². The van der Waals surface area contributed by atoms with E-state index >= 15 is 0 Å². The number of piperidine rings is 1. The molecule has 0 radical (unpaired) electrons. The van der Waals surface area contributed by atoms with Crippen LogP contribution in [-0.4, -0.2) is 96.2 Å². The van der Waals surface area contributed by atoms with E-state index < -0.39 is 37.0 Å². The number of sulfonamides is 1. The maximum Gasteiger partial charge on any atom is 0.297 e. The molecule has 3 saturated heterocycles. The number of nitro benzene ring substituents is 1. The largest absolute Gasteiger partial charge is 0.489 e. The zero-order chi connectivity index (χ0) is 48.5. The summed E-state index contributed by atoms with van der Waals surface area (Å²) in [7, 11) is -4.68. The molecule has 2 aliphatic carbocycles. The molecule has 3 aromatic carbocycles. The molecule has 11 rings (SSSR count). The SMILES string of the molecule is CC(C)c1ccccc1[C@@H]1CCCN1C1CC2(CCN(c3ccc(C(=O)NS(=O)(=O)c4cc5c(c([N+](=O)[O-])c4)N[C@@H]([C@H]4CC[C@](C)(O)CC4)CO5)c(Oc4cc5cc[nH]c5nc4N4CCC4)c3)CC2)C1. The maximum atomic E-state index is 14.4.